The van der Waals surface area contributed by atoms with Crippen LogP contribution in [-0.2, 0) is 0 Å². The standard InChI is InChI=1S/C21H33F2N5O/c1-3-10-27-11-8-16(14-27)13-25-21(24-2)26-17-9-12-28(15-17)18-6-4-5-7-19(18)29-20(22)23/h4-7,16-17,20H,3,8-15H2,1-2H3,(H2,24,25,26). The molecular weight excluding hydrogens is 376 g/mol. The number of anilines is 1. The molecule has 162 valence electrons. The van der Waals surface area contributed by atoms with E-state index in [2.05, 4.69) is 37.1 Å². The smallest absolute Gasteiger partial charge is 0.387 e. The molecule has 29 heavy (non-hydrogen) atoms. The molecule has 2 aliphatic rings. The summed E-state index contributed by atoms with van der Waals surface area (Å²) in [5.41, 5.74) is 0.710. The Morgan fingerprint density at radius 2 is 2.07 bits per heavy atom. The third-order valence-electron chi connectivity index (χ3n) is 5.64. The summed E-state index contributed by atoms with van der Waals surface area (Å²) in [6, 6.07) is 7.18. The second-order valence-corrected chi connectivity index (χ2v) is 7.83. The number of hydrogen-bond donors (Lipinski definition) is 2. The Bertz CT molecular complexity index is 672. The average molecular weight is 410 g/mol. The molecule has 2 fully saturated rings. The number of rotatable bonds is 8. The number of para-hydroxylation sites is 2. The Hall–Kier alpha value is -2.09. The Morgan fingerprint density at radius 3 is 2.83 bits per heavy atom. The summed E-state index contributed by atoms with van der Waals surface area (Å²) in [6.45, 7) is 5.34. The van der Waals surface area contributed by atoms with Gasteiger partial charge in [0.2, 0.25) is 0 Å². The zero-order valence-electron chi connectivity index (χ0n) is 17.4. The van der Waals surface area contributed by atoms with Gasteiger partial charge in [-0.2, -0.15) is 8.78 Å². The first-order valence-corrected chi connectivity index (χ1v) is 10.6. The van der Waals surface area contributed by atoms with Crippen LogP contribution >= 0.6 is 0 Å². The number of likely N-dealkylation sites (tertiary alicyclic amines) is 1. The van der Waals surface area contributed by atoms with E-state index in [9.17, 15) is 8.78 Å². The van der Waals surface area contributed by atoms with Crippen LogP contribution in [0.5, 0.6) is 5.75 Å². The van der Waals surface area contributed by atoms with Crippen molar-refractivity contribution in [2.45, 2.75) is 38.8 Å². The Balaban J connectivity index is 1.48. The summed E-state index contributed by atoms with van der Waals surface area (Å²) >= 11 is 0. The molecule has 2 N–H and O–H groups in total. The van der Waals surface area contributed by atoms with Crippen molar-refractivity contribution in [1.82, 2.24) is 15.5 Å². The van der Waals surface area contributed by atoms with Crippen LogP contribution in [-0.4, -0.2) is 69.8 Å². The fourth-order valence-electron chi connectivity index (χ4n) is 4.24. The maximum Gasteiger partial charge on any atom is 0.387 e. The number of hydrogen-bond acceptors (Lipinski definition) is 4. The monoisotopic (exact) mass is 409 g/mol. The molecular formula is C21H33F2N5O. The molecule has 6 nitrogen and oxygen atoms in total. The van der Waals surface area contributed by atoms with E-state index in [0.717, 1.165) is 38.6 Å². The lowest BCUT2D eigenvalue weighted by Gasteiger charge is -2.23. The molecule has 8 heteroatoms. The van der Waals surface area contributed by atoms with Gasteiger partial charge >= 0.3 is 6.61 Å². The van der Waals surface area contributed by atoms with Crippen LogP contribution in [0.1, 0.15) is 26.2 Å². The summed E-state index contributed by atoms with van der Waals surface area (Å²) in [5.74, 6) is 1.69. The molecule has 0 aromatic heterocycles. The number of guanidine groups is 1. The van der Waals surface area contributed by atoms with Gasteiger partial charge in [0, 0.05) is 39.3 Å². The zero-order chi connectivity index (χ0) is 20.6. The first kappa shape index (κ1) is 21.6. The molecule has 2 unspecified atom stereocenters. The first-order chi connectivity index (χ1) is 14.1. The number of benzene rings is 1. The second kappa shape index (κ2) is 10.6. The summed E-state index contributed by atoms with van der Waals surface area (Å²) in [6.07, 6.45) is 3.34. The number of nitrogens with one attached hydrogen (secondary N) is 2. The van der Waals surface area contributed by atoms with Crippen molar-refractivity contribution in [3.8, 4) is 5.75 Å². The molecule has 3 rings (SSSR count). The van der Waals surface area contributed by atoms with Crippen molar-refractivity contribution in [2.24, 2.45) is 10.9 Å². The topological polar surface area (TPSA) is 52.1 Å². The molecule has 1 aromatic rings. The summed E-state index contributed by atoms with van der Waals surface area (Å²) in [5, 5.41) is 6.94. The predicted molar refractivity (Wildman–Crippen MR) is 113 cm³/mol. The largest absolute Gasteiger partial charge is 0.433 e. The van der Waals surface area contributed by atoms with Gasteiger partial charge < -0.3 is 25.2 Å². The molecule has 0 amide bonds. The van der Waals surface area contributed by atoms with E-state index in [4.69, 9.17) is 0 Å². The van der Waals surface area contributed by atoms with Gasteiger partial charge in [-0.15, -0.1) is 0 Å². The highest BCUT2D eigenvalue weighted by Gasteiger charge is 2.27. The minimum Gasteiger partial charge on any atom is -0.433 e. The molecule has 0 spiro atoms. The van der Waals surface area contributed by atoms with Crippen molar-refractivity contribution in [3.63, 3.8) is 0 Å². The number of nitrogens with zero attached hydrogens (tertiary/aromatic N) is 3. The van der Waals surface area contributed by atoms with E-state index in [1.165, 1.54) is 25.9 Å². The summed E-state index contributed by atoms with van der Waals surface area (Å²) < 4.78 is 30.0. The van der Waals surface area contributed by atoms with Crippen molar-refractivity contribution < 1.29 is 13.5 Å². The normalized spacial score (nSPS) is 23.1. The van der Waals surface area contributed by atoms with Gasteiger partial charge in [0.15, 0.2) is 5.96 Å². The average Bonchev–Trinajstić information content (AvgIpc) is 3.35. The molecule has 1 aromatic carbocycles. The van der Waals surface area contributed by atoms with E-state index >= 15 is 0 Å². The maximum atomic E-state index is 12.7. The lowest BCUT2D eigenvalue weighted by atomic mass is 10.1. The van der Waals surface area contributed by atoms with Crippen molar-refractivity contribution in [2.75, 3.05) is 51.2 Å². The zero-order valence-corrected chi connectivity index (χ0v) is 17.4. The number of ether oxygens (including phenoxy) is 1. The van der Waals surface area contributed by atoms with Gasteiger partial charge in [0.25, 0.3) is 0 Å². The van der Waals surface area contributed by atoms with Gasteiger partial charge in [-0.05, 0) is 50.4 Å². The van der Waals surface area contributed by atoms with Crippen LogP contribution in [0.3, 0.4) is 0 Å². The van der Waals surface area contributed by atoms with Gasteiger partial charge in [0.05, 0.1) is 5.69 Å². The lowest BCUT2D eigenvalue weighted by molar-refractivity contribution is -0.0495. The van der Waals surface area contributed by atoms with E-state index in [-0.39, 0.29) is 11.8 Å². The van der Waals surface area contributed by atoms with Crippen molar-refractivity contribution >= 4 is 11.6 Å². The quantitative estimate of drug-likeness (QED) is 0.511. The van der Waals surface area contributed by atoms with Crippen LogP contribution in [0.15, 0.2) is 29.3 Å². The van der Waals surface area contributed by atoms with Crippen LogP contribution < -0.4 is 20.3 Å². The first-order valence-electron chi connectivity index (χ1n) is 10.6. The van der Waals surface area contributed by atoms with E-state index in [1.807, 2.05) is 12.1 Å². The van der Waals surface area contributed by atoms with Gasteiger partial charge in [-0.25, -0.2) is 0 Å². The van der Waals surface area contributed by atoms with Gasteiger partial charge in [-0.1, -0.05) is 19.1 Å². The lowest BCUT2D eigenvalue weighted by Crippen LogP contribution is -2.46. The van der Waals surface area contributed by atoms with E-state index < -0.39 is 6.61 Å². The highest BCUT2D eigenvalue weighted by Crippen LogP contribution is 2.31. The van der Waals surface area contributed by atoms with Crippen LogP contribution in [0.2, 0.25) is 0 Å². The highest BCUT2D eigenvalue weighted by molar-refractivity contribution is 5.80. The van der Waals surface area contributed by atoms with E-state index in [0.29, 0.717) is 11.6 Å². The number of aliphatic imine (C=N–C) groups is 1. The highest BCUT2D eigenvalue weighted by atomic mass is 19.3. The Labute approximate surface area is 172 Å². The number of alkyl halides is 2. The summed E-state index contributed by atoms with van der Waals surface area (Å²) in [7, 11) is 1.78. The molecule has 0 saturated carbocycles. The fourth-order valence-corrected chi connectivity index (χ4v) is 4.24. The molecule has 2 heterocycles. The van der Waals surface area contributed by atoms with Crippen LogP contribution in [0, 0.1) is 5.92 Å². The van der Waals surface area contributed by atoms with Crippen LogP contribution in [0.25, 0.3) is 0 Å². The minimum atomic E-state index is -2.82. The minimum absolute atomic E-state index is 0.209. The molecule has 2 aliphatic heterocycles. The molecule has 2 atom stereocenters. The third kappa shape index (κ3) is 6.19. The Kier molecular flexibility index (Phi) is 7.91. The van der Waals surface area contributed by atoms with Gasteiger partial charge in [0.1, 0.15) is 5.75 Å². The van der Waals surface area contributed by atoms with Gasteiger partial charge in [-0.3, -0.25) is 4.99 Å². The fraction of sp³-hybridized carbons (Fsp3) is 0.667. The van der Waals surface area contributed by atoms with Crippen molar-refractivity contribution in [1.29, 1.82) is 0 Å². The van der Waals surface area contributed by atoms with Crippen LogP contribution in [0.4, 0.5) is 14.5 Å². The summed E-state index contributed by atoms with van der Waals surface area (Å²) in [4.78, 5) is 8.97. The third-order valence-corrected chi connectivity index (χ3v) is 5.64. The second-order valence-electron chi connectivity index (χ2n) is 7.83. The Morgan fingerprint density at radius 1 is 1.24 bits per heavy atom. The molecule has 0 bridgehead atoms. The SMILES string of the molecule is CCCN1CCC(CNC(=NC)NC2CCN(c3ccccc3OC(F)F)C2)C1. The van der Waals surface area contributed by atoms with Crippen molar-refractivity contribution in [3.05, 3.63) is 24.3 Å². The molecule has 0 aliphatic carbocycles. The predicted octanol–water partition coefficient (Wildman–Crippen LogP) is 2.76. The molecule has 0 radical (unpaired) electrons. The molecule has 2 saturated heterocycles. The van der Waals surface area contributed by atoms with E-state index in [1.54, 1.807) is 19.2 Å². The number of halogens is 2. The maximum absolute atomic E-state index is 12.7.